The van der Waals surface area contributed by atoms with Crippen LogP contribution in [0.4, 0.5) is 0 Å². The maximum absolute atomic E-state index is 12.0. The summed E-state index contributed by atoms with van der Waals surface area (Å²) < 4.78 is 22.2. The molecule has 0 saturated carbocycles. The highest BCUT2D eigenvalue weighted by atomic mass is 31.2. The van der Waals surface area contributed by atoms with Crippen LogP contribution in [0, 0.1) is 0 Å². The quantitative estimate of drug-likeness (QED) is 0.338. The molecule has 0 aliphatic rings. The summed E-state index contributed by atoms with van der Waals surface area (Å²) in [4.78, 5) is 4.20. The largest absolute Gasteiger partial charge is 0.335 e. The monoisotopic (exact) mass is 249 g/mol. The van der Waals surface area contributed by atoms with Crippen molar-refractivity contribution in [2.75, 3.05) is 25.9 Å². The van der Waals surface area contributed by atoms with Gasteiger partial charge in [0.15, 0.2) is 0 Å². The Hall–Kier alpha value is -0.180. The number of nitrogens with zero attached hydrogens (tertiary/aromatic N) is 1. The molecule has 4 nitrogen and oxygen atoms in total. The first kappa shape index (κ1) is 15.8. The lowest BCUT2D eigenvalue weighted by Crippen LogP contribution is -2.01. The van der Waals surface area contributed by atoms with Crippen LogP contribution in [0.15, 0.2) is 4.99 Å². The summed E-state index contributed by atoms with van der Waals surface area (Å²) in [5.74, 6) is 0. The number of hydrogen-bond donors (Lipinski definition) is 0. The number of aliphatic imine (C=N–C) groups is 1. The molecular formula is C11H24NO3P. The van der Waals surface area contributed by atoms with E-state index in [1.54, 1.807) is 6.21 Å². The Labute approximate surface area is 99.0 Å². The van der Waals surface area contributed by atoms with E-state index in [2.05, 4.69) is 11.9 Å². The Morgan fingerprint density at radius 1 is 1.12 bits per heavy atom. The fraction of sp³-hybridized carbons (Fsp3) is 0.909. The van der Waals surface area contributed by atoms with Crippen molar-refractivity contribution < 1.29 is 13.6 Å². The van der Waals surface area contributed by atoms with Gasteiger partial charge in [0.1, 0.15) is 0 Å². The minimum atomic E-state index is -2.92. The van der Waals surface area contributed by atoms with Gasteiger partial charge in [0.2, 0.25) is 0 Å². The highest BCUT2D eigenvalue weighted by Crippen LogP contribution is 2.46. The molecule has 0 saturated heterocycles. The maximum atomic E-state index is 12.0. The molecule has 0 aromatic heterocycles. The molecule has 0 amide bonds. The zero-order chi connectivity index (χ0) is 12.3. The lowest BCUT2D eigenvalue weighted by Gasteiger charge is -2.14. The van der Waals surface area contributed by atoms with Crippen molar-refractivity contribution in [2.45, 2.75) is 40.0 Å². The Balaban J connectivity index is 3.87. The molecule has 0 aromatic rings. The van der Waals surface area contributed by atoms with Crippen LogP contribution >= 0.6 is 7.60 Å². The van der Waals surface area contributed by atoms with E-state index < -0.39 is 7.60 Å². The standard InChI is InChI=1S/C11H24NO3P/c1-4-7-8-9-12-10-11-16(13,14-5-2)15-6-3/h10H,4-9,11H2,1-3H3. The summed E-state index contributed by atoms with van der Waals surface area (Å²) in [5.41, 5.74) is 0. The average Bonchev–Trinajstić information content (AvgIpc) is 2.24. The molecule has 0 aromatic carbocycles. The minimum Gasteiger partial charge on any atom is -0.309 e. The van der Waals surface area contributed by atoms with E-state index in [-0.39, 0.29) is 6.16 Å². The average molecular weight is 249 g/mol. The van der Waals surface area contributed by atoms with Gasteiger partial charge < -0.3 is 9.05 Å². The van der Waals surface area contributed by atoms with Crippen LogP contribution in [0.5, 0.6) is 0 Å². The summed E-state index contributed by atoms with van der Waals surface area (Å²) in [6.45, 7) is 7.38. The van der Waals surface area contributed by atoms with E-state index in [0.29, 0.717) is 13.2 Å². The molecule has 0 bridgehead atoms. The molecule has 0 heterocycles. The molecule has 0 radical (unpaired) electrons. The first-order valence-corrected chi connectivity index (χ1v) is 7.77. The molecule has 0 N–H and O–H groups in total. The van der Waals surface area contributed by atoms with Crippen molar-refractivity contribution >= 4 is 13.8 Å². The molecule has 0 unspecified atom stereocenters. The summed E-state index contributed by atoms with van der Waals surface area (Å²) in [6.07, 6.45) is 5.40. The fourth-order valence-corrected chi connectivity index (χ4v) is 2.63. The van der Waals surface area contributed by atoms with Crippen LogP contribution in [0.1, 0.15) is 40.0 Å². The van der Waals surface area contributed by atoms with Gasteiger partial charge in [-0.15, -0.1) is 0 Å². The first-order chi connectivity index (χ1) is 7.68. The van der Waals surface area contributed by atoms with Crippen LogP contribution in [0.2, 0.25) is 0 Å². The molecule has 0 aliphatic heterocycles. The van der Waals surface area contributed by atoms with Gasteiger partial charge in [-0.05, 0) is 20.3 Å². The van der Waals surface area contributed by atoms with Crippen molar-refractivity contribution in [1.29, 1.82) is 0 Å². The zero-order valence-electron chi connectivity index (χ0n) is 10.6. The van der Waals surface area contributed by atoms with Gasteiger partial charge in [-0.1, -0.05) is 19.8 Å². The van der Waals surface area contributed by atoms with E-state index in [1.807, 2.05) is 13.8 Å². The Bertz CT molecular complexity index is 221. The summed E-state index contributed by atoms with van der Waals surface area (Å²) in [5, 5.41) is 0. The van der Waals surface area contributed by atoms with Gasteiger partial charge >= 0.3 is 7.60 Å². The minimum absolute atomic E-state index is 0.279. The lowest BCUT2D eigenvalue weighted by atomic mass is 10.2. The molecule has 96 valence electrons. The van der Waals surface area contributed by atoms with Crippen molar-refractivity contribution in [2.24, 2.45) is 4.99 Å². The Kier molecular flexibility index (Phi) is 9.89. The van der Waals surface area contributed by atoms with Crippen LogP contribution in [0.3, 0.4) is 0 Å². The first-order valence-electron chi connectivity index (χ1n) is 6.05. The SMILES string of the molecule is CCCCCN=CCP(=O)(OCC)OCC. The summed E-state index contributed by atoms with van der Waals surface area (Å²) >= 11 is 0. The van der Waals surface area contributed by atoms with Gasteiger partial charge in [0.05, 0.1) is 19.4 Å². The van der Waals surface area contributed by atoms with Crippen LogP contribution in [-0.4, -0.2) is 32.1 Å². The number of unbranched alkanes of at least 4 members (excludes halogenated alkanes) is 2. The van der Waals surface area contributed by atoms with Crippen LogP contribution in [0.25, 0.3) is 0 Å². The topological polar surface area (TPSA) is 47.9 Å². The van der Waals surface area contributed by atoms with Crippen LogP contribution in [-0.2, 0) is 13.6 Å². The van der Waals surface area contributed by atoms with Crippen molar-refractivity contribution in [1.82, 2.24) is 0 Å². The second kappa shape index (κ2) is 10.0. The second-order valence-electron chi connectivity index (χ2n) is 3.42. The zero-order valence-corrected chi connectivity index (χ0v) is 11.5. The lowest BCUT2D eigenvalue weighted by molar-refractivity contribution is 0.223. The normalized spacial score (nSPS) is 12.4. The molecule has 5 heteroatoms. The van der Waals surface area contributed by atoms with E-state index in [0.717, 1.165) is 13.0 Å². The van der Waals surface area contributed by atoms with Gasteiger partial charge in [-0.2, -0.15) is 0 Å². The van der Waals surface area contributed by atoms with Gasteiger partial charge in [0, 0.05) is 12.8 Å². The van der Waals surface area contributed by atoms with Crippen LogP contribution < -0.4 is 0 Å². The van der Waals surface area contributed by atoms with Gasteiger partial charge in [0.25, 0.3) is 0 Å². The third-order valence-corrected chi connectivity index (χ3v) is 3.89. The van der Waals surface area contributed by atoms with E-state index in [9.17, 15) is 4.57 Å². The molecule has 0 atom stereocenters. The smallest absolute Gasteiger partial charge is 0.309 e. The predicted octanol–water partition coefficient (Wildman–Crippen LogP) is 3.51. The molecule has 0 aliphatic carbocycles. The predicted molar refractivity (Wildman–Crippen MR) is 68.6 cm³/mol. The molecule has 0 spiro atoms. The van der Waals surface area contributed by atoms with E-state index in [4.69, 9.17) is 9.05 Å². The van der Waals surface area contributed by atoms with Crippen molar-refractivity contribution in [3.05, 3.63) is 0 Å². The van der Waals surface area contributed by atoms with Crippen molar-refractivity contribution in [3.8, 4) is 0 Å². The molecule has 0 rings (SSSR count). The Morgan fingerprint density at radius 3 is 2.25 bits per heavy atom. The van der Waals surface area contributed by atoms with Gasteiger partial charge in [-0.25, -0.2) is 0 Å². The van der Waals surface area contributed by atoms with Gasteiger partial charge in [-0.3, -0.25) is 9.56 Å². The fourth-order valence-electron chi connectivity index (χ4n) is 1.24. The van der Waals surface area contributed by atoms with Crippen molar-refractivity contribution in [3.63, 3.8) is 0 Å². The molecular weight excluding hydrogens is 225 g/mol. The number of hydrogen-bond acceptors (Lipinski definition) is 4. The second-order valence-corrected chi connectivity index (χ2v) is 5.53. The third-order valence-electron chi connectivity index (χ3n) is 1.98. The maximum Gasteiger partial charge on any atom is 0.335 e. The number of rotatable bonds is 10. The Morgan fingerprint density at radius 2 is 1.75 bits per heavy atom. The highest BCUT2D eigenvalue weighted by Gasteiger charge is 2.21. The molecule has 16 heavy (non-hydrogen) atoms. The van der Waals surface area contributed by atoms with E-state index >= 15 is 0 Å². The summed E-state index contributed by atoms with van der Waals surface area (Å²) in [6, 6.07) is 0. The van der Waals surface area contributed by atoms with E-state index in [1.165, 1.54) is 12.8 Å². The third kappa shape index (κ3) is 8.03. The molecule has 0 fully saturated rings. The summed E-state index contributed by atoms with van der Waals surface area (Å²) in [7, 11) is -2.92. The highest BCUT2D eigenvalue weighted by molar-refractivity contribution is 7.54.